The predicted octanol–water partition coefficient (Wildman–Crippen LogP) is 4.02. The number of methoxy groups -OCH3 is 1. The number of guanidine groups is 1. The maximum absolute atomic E-state index is 12.7. The quantitative estimate of drug-likeness (QED) is 0.236. The minimum Gasteiger partial charge on any atom is -0.497 e. The highest BCUT2D eigenvalue weighted by atomic mass is 127. The Morgan fingerprint density at radius 2 is 1.81 bits per heavy atom. The highest BCUT2D eigenvalue weighted by molar-refractivity contribution is 14.0. The predicted molar refractivity (Wildman–Crippen MR) is 130 cm³/mol. The molecule has 7 nitrogen and oxygen atoms in total. The number of hydrogen-bond donors (Lipinski definition) is 2. The van der Waals surface area contributed by atoms with Crippen molar-refractivity contribution in [3.63, 3.8) is 0 Å². The molecule has 2 aromatic carbocycles. The molecule has 0 bridgehead atoms. The van der Waals surface area contributed by atoms with Gasteiger partial charge in [-0.25, -0.2) is 4.98 Å². The van der Waals surface area contributed by atoms with Gasteiger partial charge in [-0.15, -0.1) is 24.0 Å². The Kier molecular flexibility index (Phi) is 10.2. The van der Waals surface area contributed by atoms with Gasteiger partial charge in [0.1, 0.15) is 11.5 Å². The largest absolute Gasteiger partial charge is 0.497 e. The molecule has 0 saturated carbocycles. The number of aliphatic imine (C=N–C) groups is 1. The molecule has 172 valence electrons. The molecule has 0 atom stereocenters. The topological polar surface area (TPSA) is 72.7 Å². The van der Waals surface area contributed by atoms with Crippen molar-refractivity contribution in [2.45, 2.75) is 26.2 Å². The van der Waals surface area contributed by atoms with Gasteiger partial charge in [0.05, 0.1) is 13.4 Å². The van der Waals surface area contributed by atoms with Gasteiger partial charge in [0.15, 0.2) is 5.96 Å². The number of nitrogens with one attached hydrogen (secondary N) is 2. The van der Waals surface area contributed by atoms with Gasteiger partial charge in [-0.3, -0.25) is 4.99 Å². The molecule has 3 aromatic rings. The van der Waals surface area contributed by atoms with Crippen LogP contribution in [0.1, 0.15) is 16.7 Å². The van der Waals surface area contributed by atoms with Crippen LogP contribution in [0.15, 0.2) is 66.2 Å². The zero-order valence-electron chi connectivity index (χ0n) is 17.8. The summed E-state index contributed by atoms with van der Waals surface area (Å²) in [7, 11) is 3.16. The molecule has 10 heteroatoms. The summed E-state index contributed by atoms with van der Waals surface area (Å²) in [5, 5.41) is 6.32. The summed E-state index contributed by atoms with van der Waals surface area (Å²) in [6, 6.07) is 12.9. The summed E-state index contributed by atoms with van der Waals surface area (Å²) < 4.78 is 37.1. The van der Waals surface area contributed by atoms with Gasteiger partial charge in [0.2, 0.25) is 0 Å². The maximum atomic E-state index is 12.7. The first-order valence-electron chi connectivity index (χ1n) is 9.67. The number of ether oxygens (including phenoxy) is 2. The molecule has 0 aliphatic heterocycles. The maximum Gasteiger partial charge on any atom is 0.387 e. The van der Waals surface area contributed by atoms with Crippen molar-refractivity contribution < 1.29 is 18.3 Å². The van der Waals surface area contributed by atoms with Crippen LogP contribution in [-0.2, 0) is 19.6 Å². The number of alkyl halides is 2. The summed E-state index contributed by atoms with van der Waals surface area (Å²) in [5.41, 5.74) is 2.79. The molecule has 0 radical (unpaired) electrons. The summed E-state index contributed by atoms with van der Waals surface area (Å²) in [5.74, 6) is 1.18. The number of aromatic nitrogens is 2. The van der Waals surface area contributed by atoms with Crippen molar-refractivity contribution in [2.75, 3.05) is 14.2 Å². The van der Waals surface area contributed by atoms with E-state index in [0.29, 0.717) is 23.8 Å². The van der Waals surface area contributed by atoms with Gasteiger partial charge in [-0.2, -0.15) is 8.78 Å². The first-order chi connectivity index (χ1) is 15.1. The SMILES string of the molecule is CN=C(NCc1ccc(Cn2ccnc2)cc1)NCc1cc(OC)ccc1OC(F)F.I. The molecular weight excluding hydrogens is 531 g/mol. The van der Waals surface area contributed by atoms with E-state index >= 15 is 0 Å². The fraction of sp³-hybridized carbons (Fsp3) is 0.273. The van der Waals surface area contributed by atoms with E-state index in [0.717, 1.165) is 12.1 Å². The third kappa shape index (κ3) is 7.66. The molecule has 0 spiro atoms. The normalized spacial score (nSPS) is 11.1. The van der Waals surface area contributed by atoms with Gasteiger partial charge in [-0.1, -0.05) is 24.3 Å². The molecular formula is C22H26F2IN5O2. The fourth-order valence-electron chi connectivity index (χ4n) is 2.97. The van der Waals surface area contributed by atoms with Gasteiger partial charge < -0.3 is 24.7 Å². The number of rotatable bonds is 9. The van der Waals surface area contributed by atoms with Crippen molar-refractivity contribution in [2.24, 2.45) is 4.99 Å². The number of benzene rings is 2. The molecule has 1 aromatic heterocycles. The van der Waals surface area contributed by atoms with E-state index in [9.17, 15) is 8.78 Å². The van der Waals surface area contributed by atoms with Crippen LogP contribution in [0.25, 0.3) is 0 Å². The lowest BCUT2D eigenvalue weighted by molar-refractivity contribution is -0.0504. The van der Waals surface area contributed by atoms with Crippen LogP contribution >= 0.6 is 24.0 Å². The molecule has 0 aliphatic rings. The average molecular weight is 557 g/mol. The number of imidazole rings is 1. The second kappa shape index (κ2) is 12.8. The number of hydrogen-bond acceptors (Lipinski definition) is 4. The van der Waals surface area contributed by atoms with Crippen LogP contribution in [-0.4, -0.2) is 36.3 Å². The zero-order chi connectivity index (χ0) is 22.1. The van der Waals surface area contributed by atoms with Crippen LogP contribution in [0.5, 0.6) is 11.5 Å². The molecule has 0 aliphatic carbocycles. The Morgan fingerprint density at radius 1 is 1.09 bits per heavy atom. The third-order valence-electron chi connectivity index (χ3n) is 4.56. The van der Waals surface area contributed by atoms with E-state index in [2.05, 4.69) is 37.5 Å². The second-order valence-electron chi connectivity index (χ2n) is 6.68. The van der Waals surface area contributed by atoms with Gasteiger partial charge in [0.25, 0.3) is 0 Å². The Hall–Kier alpha value is -2.89. The lowest BCUT2D eigenvalue weighted by atomic mass is 10.1. The molecule has 0 fully saturated rings. The summed E-state index contributed by atoms with van der Waals surface area (Å²) in [4.78, 5) is 8.23. The van der Waals surface area contributed by atoms with Gasteiger partial charge in [0, 0.05) is 44.6 Å². The Bertz CT molecular complexity index is 982. The van der Waals surface area contributed by atoms with Crippen LogP contribution in [0.4, 0.5) is 8.78 Å². The Labute approximate surface area is 202 Å². The van der Waals surface area contributed by atoms with E-state index in [1.807, 2.05) is 22.9 Å². The van der Waals surface area contributed by atoms with Crippen molar-refractivity contribution in [1.29, 1.82) is 0 Å². The van der Waals surface area contributed by atoms with Crippen molar-refractivity contribution in [3.05, 3.63) is 77.9 Å². The molecule has 2 N–H and O–H groups in total. The molecule has 0 unspecified atom stereocenters. The number of halogens is 3. The van der Waals surface area contributed by atoms with Gasteiger partial charge >= 0.3 is 6.61 Å². The lowest BCUT2D eigenvalue weighted by Crippen LogP contribution is -2.36. The van der Waals surface area contributed by atoms with Crippen molar-refractivity contribution >= 4 is 29.9 Å². The minimum absolute atomic E-state index is 0. The van der Waals surface area contributed by atoms with E-state index in [1.54, 1.807) is 31.7 Å². The number of nitrogens with zero attached hydrogens (tertiary/aromatic N) is 3. The Balaban J connectivity index is 0.00000363. The van der Waals surface area contributed by atoms with Gasteiger partial charge in [-0.05, 0) is 29.3 Å². The third-order valence-corrected chi connectivity index (χ3v) is 4.56. The van der Waals surface area contributed by atoms with Crippen molar-refractivity contribution in [1.82, 2.24) is 20.2 Å². The minimum atomic E-state index is -2.90. The van der Waals surface area contributed by atoms with E-state index in [-0.39, 0.29) is 36.3 Å². The fourth-order valence-corrected chi connectivity index (χ4v) is 2.97. The molecule has 32 heavy (non-hydrogen) atoms. The summed E-state index contributed by atoms with van der Waals surface area (Å²) in [6.07, 6.45) is 5.46. The van der Waals surface area contributed by atoms with E-state index in [4.69, 9.17) is 4.74 Å². The summed E-state index contributed by atoms with van der Waals surface area (Å²) >= 11 is 0. The first kappa shape index (κ1) is 25.4. The molecule has 0 saturated heterocycles. The molecule has 3 rings (SSSR count). The standard InChI is InChI=1S/C22H25F2N5O2.HI/c1-25-22(28-13-18-11-19(30-2)7-8-20(18)31-21(23)24)27-12-16-3-5-17(6-4-16)14-29-10-9-26-15-29;/h3-11,15,21H,12-14H2,1-2H3,(H2,25,27,28);1H. The van der Waals surface area contributed by atoms with Crippen LogP contribution in [0, 0.1) is 0 Å². The Morgan fingerprint density at radius 3 is 2.44 bits per heavy atom. The molecule has 0 amide bonds. The monoisotopic (exact) mass is 557 g/mol. The lowest BCUT2D eigenvalue weighted by Gasteiger charge is -2.15. The zero-order valence-corrected chi connectivity index (χ0v) is 20.1. The highest BCUT2D eigenvalue weighted by Gasteiger charge is 2.11. The smallest absolute Gasteiger partial charge is 0.387 e. The average Bonchev–Trinajstić information content (AvgIpc) is 3.28. The van der Waals surface area contributed by atoms with Crippen LogP contribution in [0.3, 0.4) is 0 Å². The van der Waals surface area contributed by atoms with E-state index in [1.165, 1.54) is 18.7 Å². The first-order valence-corrected chi connectivity index (χ1v) is 9.67. The van der Waals surface area contributed by atoms with Crippen molar-refractivity contribution in [3.8, 4) is 11.5 Å². The summed E-state index contributed by atoms with van der Waals surface area (Å²) in [6.45, 7) is -1.34. The van der Waals surface area contributed by atoms with E-state index < -0.39 is 6.61 Å². The second-order valence-corrected chi connectivity index (χ2v) is 6.68. The van der Waals surface area contributed by atoms with Crippen LogP contribution < -0.4 is 20.1 Å². The molecule has 1 heterocycles. The van der Waals surface area contributed by atoms with Crippen LogP contribution in [0.2, 0.25) is 0 Å². The highest BCUT2D eigenvalue weighted by Crippen LogP contribution is 2.25.